The van der Waals surface area contributed by atoms with Crippen molar-refractivity contribution < 1.29 is 17.9 Å². The fourth-order valence-corrected chi connectivity index (χ4v) is 5.87. The average Bonchev–Trinajstić information content (AvgIpc) is 3.15. The number of nitrogens with one attached hydrogen (secondary N) is 1. The molecule has 1 aromatic carbocycles. The lowest BCUT2D eigenvalue weighted by Crippen LogP contribution is -2.49. The predicted molar refractivity (Wildman–Crippen MR) is 130 cm³/mol. The highest BCUT2D eigenvalue weighted by Gasteiger charge is 2.27. The maximum absolute atomic E-state index is 13.2. The summed E-state index contributed by atoms with van der Waals surface area (Å²) in [5.41, 5.74) is 0.361. The van der Waals surface area contributed by atoms with Crippen LogP contribution in [0.3, 0.4) is 0 Å². The minimum absolute atomic E-state index is 0.168. The van der Waals surface area contributed by atoms with Crippen molar-refractivity contribution in [2.75, 3.05) is 63.1 Å². The Morgan fingerprint density at radius 3 is 2.32 bits per heavy atom. The third-order valence-electron chi connectivity index (χ3n) is 6.22. The van der Waals surface area contributed by atoms with E-state index in [1.54, 1.807) is 34.9 Å². The molecule has 0 bridgehead atoms. The second-order valence-corrected chi connectivity index (χ2v) is 10.5. The van der Waals surface area contributed by atoms with Crippen LogP contribution in [0, 0.1) is 0 Å². The van der Waals surface area contributed by atoms with Crippen LogP contribution in [-0.4, -0.2) is 86.4 Å². The van der Waals surface area contributed by atoms with Crippen LogP contribution in [0.15, 0.2) is 41.6 Å². The van der Waals surface area contributed by atoms with Gasteiger partial charge in [-0.2, -0.15) is 4.31 Å². The molecule has 2 saturated heterocycles. The van der Waals surface area contributed by atoms with Crippen molar-refractivity contribution in [2.24, 2.45) is 0 Å². The van der Waals surface area contributed by atoms with Crippen molar-refractivity contribution in [2.45, 2.75) is 30.6 Å². The number of hydrogen-bond acceptors (Lipinski definition) is 8. The molecule has 0 aliphatic carbocycles. The molecule has 2 aliphatic rings. The maximum Gasteiger partial charge on any atom is 0.243 e. The molecule has 2 aliphatic heterocycles. The van der Waals surface area contributed by atoms with Gasteiger partial charge in [-0.1, -0.05) is 12.8 Å². The smallest absolute Gasteiger partial charge is 0.243 e. The molecule has 2 fully saturated rings. The highest BCUT2D eigenvalue weighted by molar-refractivity contribution is 7.89. The Bertz CT molecular complexity index is 1070. The first-order chi connectivity index (χ1) is 16.5. The molecular weight excluding hydrogens is 456 g/mol. The first-order valence-electron chi connectivity index (χ1n) is 11.7. The zero-order valence-electron chi connectivity index (χ0n) is 19.5. The molecule has 0 saturated carbocycles. The average molecular weight is 489 g/mol. The summed E-state index contributed by atoms with van der Waals surface area (Å²) in [6.07, 6.45) is 7.25. The van der Waals surface area contributed by atoms with E-state index in [9.17, 15) is 13.2 Å². The molecule has 0 unspecified atom stereocenters. The summed E-state index contributed by atoms with van der Waals surface area (Å²) in [4.78, 5) is 25.7. The van der Waals surface area contributed by atoms with E-state index in [1.807, 2.05) is 0 Å². The van der Waals surface area contributed by atoms with Gasteiger partial charge in [-0.3, -0.25) is 9.69 Å². The summed E-state index contributed by atoms with van der Waals surface area (Å²) in [5, 5.41) is 2.85. The molecular formula is C23H32N6O4S. The number of piperazine rings is 1. The first-order valence-corrected chi connectivity index (χ1v) is 13.1. The number of aromatic nitrogens is 2. The summed E-state index contributed by atoms with van der Waals surface area (Å²) in [5.74, 6) is 0.903. The highest BCUT2D eigenvalue weighted by Crippen LogP contribution is 2.30. The number of carbonyl (C=O) groups excluding carboxylic acids is 1. The molecule has 34 heavy (non-hydrogen) atoms. The Kier molecular flexibility index (Phi) is 7.96. The molecule has 10 nitrogen and oxygen atoms in total. The lowest BCUT2D eigenvalue weighted by Gasteiger charge is -2.34. The second-order valence-electron chi connectivity index (χ2n) is 8.54. The summed E-state index contributed by atoms with van der Waals surface area (Å²) in [7, 11) is -2.13. The van der Waals surface area contributed by atoms with E-state index in [4.69, 9.17) is 4.74 Å². The number of amides is 1. The van der Waals surface area contributed by atoms with E-state index in [0.717, 1.165) is 38.8 Å². The molecule has 0 atom stereocenters. The van der Waals surface area contributed by atoms with Crippen molar-refractivity contribution in [3.8, 4) is 5.75 Å². The third-order valence-corrected chi connectivity index (χ3v) is 8.12. The fourth-order valence-electron chi connectivity index (χ4n) is 4.33. The lowest BCUT2D eigenvalue weighted by molar-refractivity contribution is -0.117. The van der Waals surface area contributed by atoms with E-state index >= 15 is 0 Å². The number of nitrogens with zero attached hydrogens (tertiary/aromatic N) is 5. The standard InChI is InChI=1S/C23H32N6O4S/c1-33-21-8-7-19(34(31,32)29-11-4-2-3-5-12-29)17-20(21)26-22(30)18-27-13-15-28(16-14-27)23-24-9-6-10-25-23/h6-10,17H,2-5,11-16,18H2,1H3,(H,26,30). The SMILES string of the molecule is COc1ccc(S(=O)(=O)N2CCCCCC2)cc1NC(=O)CN1CCN(c2ncccn2)CC1. The summed E-state index contributed by atoms with van der Waals surface area (Å²) in [6, 6.07) is 6.42. The summed E-state index contributed by atoms with van der Waals surface area (Å²) < 4.78 is 33.3. The molecule has 3 heterocycles. The van der Waals surface area contributed by atoms with Gasteiger partial charge in [0.25, 0.3) is 0 Å². The van der Waals surface area contributed by atoms with Crippen molar-refractivity contribution in [1.82, 2.24) is 19.2 Å². The fraction of sp³-hybridized carbons (Fsp3) is 0.522. The molecule has 1 N–H and O–H groups in total. The van der Waals surface area contributed by atoms with Crippen LogP contribution in [0.4, 0.5) is 11.6 Å². The highest BCUT2D eigenvalue weighted by atomic mass is 32.2. The minimum atomic E-state index is -3.63. The maximum atomic E-state index is 13.2. The van der Waals surface area contributed by atoms with Gasteiger partial charge in [0.05, 0.1) is 24.2 Å². The van der Waals surface area contributed by atoms with Crippen LogP contribution in [0.2, 0.25) is 0 Å². The Morgan fingerprint density at radius 1 is 1.00 bits per heavy atom. The number of ether oxygens (including phenoxy) is 1. The van der Waals surface area contributed by atoms with Gasteiger partial charge in [0.1, 0.15) is 5.75 Å². The molecule has 4 rings (SSSR count). The van der Waals surface area contributed by atoms with Gasteiger partial charge in [-0.15, -0.1) is 0 Å². The Labute approximate surface area is 201 Å². The van der Waals surface area contributed by atoms with Gasteiger partial charge in [0.15, 0.2) is 0 Å². The van der Waals surface area contributed by atoms with E-state index in [0.29, 0.717) is 43.6 Å². The number of benzene rings is 1. The van der Waals surface area contributed by atoms with E-state index < -0.39 is 10.0 Å². The Hall–Kier alpha value is -2.76. The number of carbonyl (C=O) groups is 1. The van der Waals surface area contributed by atoms with Crippen LogP contribution in [0.1, 0.15) is 25.7 Å². The van der Waals surface area contributed by atoms with E-state index in [1.165, 1.54) is 13.2 Å². The third kappa shape index (κ3) is 5.83. The molecule has 2 aromatic rings. The van der Waals surface area contributed by atoms with Gasteiger partial charge in [-0.25, -0.2) is 18.4 Å². The summed E-state index contributed by atoms with van der Waals surface area (Å²) in [6.45, 7) is 4.11. The van der Waals surface area contributed by atoms with Crippen LogP contribution < -0.4 is 15.0 Å². The normalized spacial score (nSPS) is 18.3. The first kappa shape index (κ1) is 24.4. The van der Waals surface area contributed by atoms with Crippen LogP contribution in [-0.2, 0) is 14.8 Å². The monoisotopic (exact) mass is 488 g/mol. The molecule has 184 valence electrons. The number of methoxy groups -OCH3 is 1. The van der Waals surface area contributed by atoms with Crippen molar-refractivity contribution in [3.63, 3.8) is 0 Å². The molecule has 0 radical (unpaired) electrons. The number of rotatable bonds is 7. The minimum Gasteiger partial charge on any atom is -0.495 e. The lowest BCUT2D eigenvalue weighted by atomic mass is 10.2. The van der Waals surface area contributed by atoms with Crippen molar-refractivity contribution >= 4 is 27.6 Å². The van der Waals surface area contributed by atoms with Crippen LogP contribution in [0.25, 0.3) is 0 Å². The quantitative estimate of drug-likeness (QED) is 0.629. The van der Waals surface area contributed by atoms with Gasteiger partial charge >= 0.3 is 0 Å². The Balaban J connectivity index is 1.39. The largest absolute Gasteiger partial charge is 0.495 e. The molecule has 0 spiro atoms. The van der Waals surface area contributed by atoms with Gasteiger partial charge in [0.2, 0.25) is 21.9 Å². The number of hydrogen-bond donors (Lipinski definition) is 1. The molecule has 1 aromatic heterocycles. The Morgan fingerprint density at radius 2 is 1.68 bits per heavy atom. The number of sulfonamides is 1. The van der Waals surface area contributed by atoms with Gasteiger partial charge in [-0.05, 0) is 37.1 Å². The zero-order chi connectivity index (χ0) is 24.0. The van der Waals surface area contributed by atoms with E-state index in [2.05, 4.69) is 25.1 Å². The van der Waals surface area contributed by atoms with Crippen molar-refractivity contribution in [1.29, 1.82) is 0 Å². The van der Waals surface area contributed by atoms with Gasteiger partial charge in [0, 0.05) is 51.7 Å². The molecule has 11 heteroatoms. The van der Waals surface area contributed by atoms with Crippen LogP contribution in [0.5, 0.6) is 5.75 Å². The van der Waals surface area contributed by atoms with E-state index in [-0.39, 0.29) is 17.3 Å². The molecule has 1 amide bonds. The van der Waals surface area contributed by atoms with Crippen molar-refractivity contribution in [3.05, 3.63) is 36.7 Å². The zero-order valence-corrected chi connectivity index (χ0v) is 20.3. The number of anilines is 2. The predicted octanol–water partition coefficient (Wildman–Crippen LogP) is 1.81. The van der Waals surface area contributed by atoms with Crippen LogP contribution >= 0.6 is 0 Å². The summed E-state index contributed by atoms with van der Waals surface area (Å²) >= 11 is 0. The second kappa shape index (κ2) is 11.1. The van der Waals surface area contributed by atoms with Gasteiger partial charge < -0.3 is 15.0 Å². The topological polar surface area (TPSA) is 108 Å².